The van der Waals surface area contributed by atoms with Crippen LogP contribution in [0.2, 0.25) is 0 Å². The Morgan fingerprint density at radius 2 is 1.71 bits per heavy atom. The van der Waals surface area contributed by atoms with Crippen molar-refractivity contribution in [1.82, 2.24) is 0 Å². The van der Waals surface area contributed by atoms with Crippen LogP contribution in [-0.4, -0.2) is 22.6 Å². The Morgan fingerprint density at radius 1 is 1.00 bits per heavy atom. The molecule has 170 valence electrons. The number of hydrogen-bond acceptors (Lipinski definition) is 3. The maximum atomic E-state index is 12.6. The molecule has 0 heterocycles. The molecule has 0 bridgehead atoms. The smallest absolute Gasteiger partial charge is 0.303 e. The molecule has 1 aromatic rings. The highest BCUT2D eigenvalue weighted by atomic mass is 16.4. The molecule has 2 atom stereocenters. The van der Waals surface area contributed by atoms with Gasteiger partial charge in [0.1, 0.15) is 5.78 Å². The number of hydrogen-bond donors (Lipinski definition) is 1. The van der Waals surface area contributed by atoms with Gasteiger partial charge in [-0.1, -0.05) is 75.8 Å². The van der Waals surface area contributed by atoms with Crippen LogP contribution in [0, 0.1) is 11.8 Å². The molecule has 0 saturated heterocycles. The summed E-state index contributed by atoms with van der Waals surface area (Å²) in [5.41, 5.74) is 1.98. The highest BCUT2D eigenvalue weighted by molar-refractivity contribution is 6.04. The predicted octanol–water partition coefficient (Wildman–Crippen LogP) is 6.57. The summed E-state index contributed by atoms with van der Waals surface area (Å²) >= 11 is 0. The molecule has 0 radical (unpaired) electrons. The number of ketones is 2. The van der Waals surface area contributed by atoms with E-state index < -0.39 is 5.97 Å². The zero-order valence-electron chi connectivity index (χ0n) is 19.0. The first-order valence-electron chi connectivity index (χ1n) is 12.1. The number of allylic oxidation sites excluding steroid dienone is 2. The molecule has 0 amide bonds. The second-order valence-corrected chi connectivity index (χ2v) is 8.85. The van der Waals surface area contributed by atoms with Crippen LogP contribution in [0.15, 0.2) is 36.4 Å². The lowest BCUT2D eigenvalue weighted by molar-refractivity contribution is -0.137. The summed E-state index contributed by atoms with van der Waals surface area (Å²) in [7, 11) is 0. The fourth-order valence-corrected chi connectivity index (χ4v) is 4.43. The van der Waals surface area contributed by atoms with E-state index in [0.717, 1.165) is 38.5 Å². The number of carbonyl (C=O) groups excluding carboxylic acids is 2. The molecule has 0 aromatic heterocycles. The second-order valence-electron chi connectivity index (χ2n) is 8.85. The van der Waals surface area contributed by atoms with Gasteiger partial charge in [0.15, 0.2) is 5.78 Å². The highest BCUT2D eigenvalue weighted by Gasteiger charge is 2.32. The van der Waals surface area contributed by atoms with E-state index in [4.69, 9.17) is 5.11 Å². The molecule has 1 saturated carbocycles. The number of carbonyl (C=O) groups is 3. The van der Waals surface area contributed by atoms with Gasteiger partial charge in [0.25, 0.3) is 0 Å². The summed E-state index contributed by atoms with van der Waals surface area (Å²) in [6, 6.07) is 7.94. The molecule has 0 aliphatic heterocycles. The van der Waals surface area contributed by atoms with Gasteiger partial charge in [-0.05, 0) is 49.7 Å². The first-order valence-corrected chi connectivity index (χ1v) is 12.1. The number of rotatable bonds is 15. The Morgan fingerprint density at radius 3 is 2.42 bits per heavy atom. The van der Waals surface area contributed by atoms with Crippen LogP contribution in [0.25, 0.3) is 0 Å². The first-order chi connectivity index (χ1) is 15.0. The molecule has 31 heavy (non-hydrogen) atoms. The molecular formula is C27H38O4. The molecule has 1 aromatic carbocycles. The second kappa shape index (κ2) is 14.0. The summed E-state index contributed by atoms with van der Waals surface area (Å²) < 4.78 is 0. The van der Waals surface area contributed by atoms with Crippen LogP contribution in [0.1, 0.15) is 99.9 Å². The van der Waals surface area contributed by atoms with Crippen molar-refractivity contribution in [2.24, 2.45) is 11.8 Å². The minimum atomic E-state index is -0.748. The Balaban J connectivity index is 1.79. The average Bonchev–Trinajstić information content (AvgIpc) is 3.11. The van der Waals surface area contributed by atoms with Crippen molar-refractivity contribution in [3.8, 4) is 0 Å². The monoisotopic (exact) mass is 426 g/mol. The van der Waals surface area contributed by atoms with Crippen molar-refractivity contribution in [2.45, 2.75) is 90.4 Å². The van der Waals surface area contributed by atoms with Crippen molar-refractivity contribution in [2.75, 3.05) is 0 Å². The van der Waals surface area contributed by atoms with Crippen LogP contribution in [0.5, 0.6) is 0 Å². The van der Waals surface area contributed by atoms with Crippen LogP contribution in [0.3, 0.4) is 0 Å². The van der Waals surface area contributed by atoms with Crippen molar-refractivity contribution in [3.63, 3.8) is 0 Å². The van der Waals surface area contributed by atoms with E-state index in [0.29, 0.717) is 24.2 Å². The number of benzene rings is 1. The summed E-state index contributed by atoms with van der Waals surface area (Å²) in [6.07, 6.45) is 15.6. The minimum Gasteiger partial charge on any atom is -0.481 e. The number of carboxylic acids is 1. The van der Waals surface area contributed by atoms with Crippen LogP contribution >= 0.6 is 0 Å². The van der Waals surface area contributed by atoms with Crippen molar-refractivity contribution < 1.29 is 19.5 Å². The average molecular weight is 427 g/mol. The maximum absolute atomic E-state index is 12.6. The zero-order chi connectivity index (χ0) is 22.5. The lowest BCUT2D eigenvalue weighted by Crippen LogP contribution is -2.13. The third kappa shape index (κ3) is 9.20. The molecule has 1 N–H and O–H groups in total. The molecule has 1 aliphatic carbocycles. The maximum Gasteiger partial charge on any atom is 0.303 e. The van der Waals surface area contributed by atoms with E-state index in [-0.39, 0.29) is 24.0 Å². The third-order valence-electron chi connectivity index (χ3n) is 6.36. The van der Waals surface area contributed by atoms with Crippen molar-refractivity contribution in [3.05, 3.63) is 47.5 Å². The number of aryl methyl sites for hydroxylation is 1. The quantitative estimate of drug-likeness (QED) is 0.196. The largest absolute Gasteiger partial charge is 0.481 e. The summed E-state index contributed by atoms with van der Waals surface area (Å²) in [4.78, 5) is 35.4. The summed E-state index contributed by atoms with van der Waals surface area (Å²) in [5, 5.41) is 8.68. The van der Waals surface area contributed by atoms with Gasteiger partial charge in [-0.2, -0.15) is 0 Å². The Hall–Kier alpha value is -2.23. The molecule has 4 heteroatoms. The highest BCUT2D eigenvalue weighted by Crippen LogP contribution is 2.34. The van der Waals surface area contributed by atoms with E-state index in [2.05, 4.69) is 19.1 Å². The fourth-order valence-electron chi connectivity index (χ4n) is 4.43. The normalized spacial score (nSPS) is 18.7. The predicted molar refractivity (Wildman–Crippen MR) is 124 cm³/mol. The van der Waals surface area contributed by atoms with Gasteiger partial charge in [-0.3, -0.25) is 14.4 Å². The topological polar surface area (TPSA) is 71.4 Å². The first kappa shape index (κ1) is 25.0. The lowest BCUT2D eigenvalue weighted by atomic mass is 9.89. The lowest BCUT2D eigenvalue weighted by Gasteiger charge is -2.14. The SMILES string of the molecule is CCCCCCc1ccc(C(=O)C=C[C@@H]2CCC(=O)[C@H]2CCCCCCC(=O)O)cc1. The third-order valence-corrected chi connectivity index (χ3v) is 6.36. The standard InChI is InChI=1S/C27H38O4/c1-2-3-4-7-10-21-13-15-23(16-14-21)25(28)19-17-22-18-20-26(29)24(22)11-8-5-6-9-12-27(30)31/h13-17,19,22,24H,2-12,18,20H2,1H3,(H,30,31)/t22-,24+/m1/s1. The number of carboxylic acid groups (broad SMARTS) is 1. The van der Waals surface area contributed by atoms with Gasteiger partial charge in [0.05, 0.1) is 0 Å². The number of Topliss-reactive ketones (excluding diaryl/α,β-unsaturated/α-hetero) is 1. The van der Waals surface area contributed by atoms with E-state index in [9.17, 15) is 14.4 Å². The molecule has 1 aliphatic rings. The van der Waals surface area contributed by atoms with E-state index >= 15 is 0 Å². The van der Waals surface area contributed by atoms with Gasteiger partial charge < -0.3 is 5.11 Å². The Bertz CT molecular complexity index is 732. The minimum absolute atomic E-state index is 0.00398. The van der Waals surface area contributed by atoms with E-state index in [1.807, 2.05) is 18.2 Å². The van der Waals surface area contributed by atoms with Gasteiger partial charge >= 0.3 is 5.97 Å². The van der Waals surface area contributed by atoms with Gasteiger partial charge in [0.2, 0.25) is 0 Å². The molecule has 4 nitrogen and oxygen atoms in total. The fraction of sp³-hybridized carbons (Fsp3) is 0.593. The van der Waals surface area contributed by atoms with Gasteiger partial charge in [0, 0.05) is 24.3 Å². The van der Waals surface area contributed by atoms with Crippen molar-refractivity contribution in [1.29, 1.82) is 0 Å². The van der Waals surface area contributed by atoms with Crippen molar-refractivity contribution >= 4 is 17.5 Å². The van der Waals surface area contributed by atoms with E-state index in [1.54, 1.807) is 6.08 Å². The summed E-state index contributed by atoms with van der Waals surface area (Å²) in [6.45, 7) is 2.21. The molecule has 0 spiro atoms. The van der Waals surface area contributed by atoms with Gasteiger partial charge in [-0.25, -0.2) is 0 Å². The number of unbranched alkanes of at least 4 members (excludes halogenated alkanes) is 6. The van der Waals surface area contributed by atoms with E-state index in [1.165, 1.54) is 31.2 Å². The molecule has 0 unspecified atom stereocenters. The van der Waals surface area contributed by atoms with Crippen LogP contribution < -0.4 is 0 Å². The Labute approximate surface area is 187 Å². The van der Waals surface area contributed by atoms with Gasteiger partial charge in [-0.15, -0.1) is 0 Å². The molecule has 2 rings (SSSR count). The number of aliphatic carboxylic acids is 1. The molecular weight excluding hydrogens is 388 g/mol. The van der Waals surface area contributed by atoms with Crippen LogP contribution in [0.4, 0.5) is 0 Å². The van der Waals surface area contributed by atoms with Crippen LogP contribution in [-0.2, 0) is 16.0 Å². The Kier molecular flexibility index (Phi) is 11.3. The summed E-state index contributed by atoms with van der Waals surface area (Å²) in [5.74, 6) is -0.283. The zero-order valence-corrected chi connectivity index (χ0v) is 19.0. The molecule has 1 fully saturated rings.